The van der Waals surface area contributed by atoms with Crippen LogP contribution in [0.1, 0.15) is 34.1 Å². The molecule has 0 radical (unpaired) electrons. The Morgan fingerprint density at radius 1 is 1.50 bits per heavy atom. The molecule has 1 amide bonds. The van der Waals surface area contributed by atoms with E-state index in [0.29, 0.717) is 12.6 Å². The first kappa shape index (κ1) is 9.36. The van der Waals surface area contributed by atoms with E-state index in [9.17, 15) is 4.79 Å². The Labute approximate surface area is 73.7 Å². The zero-order chi connectivity index (χ0) is 9.35. The largest absolute Gasteiger partial charge is 0.449 e. The van der Waals surface area contributed by atoms with Crippen molar-refractivity contribution >= 4 is 6.09 Å². The number of ether oxygens (including phenoxy) is 1. The van der Waals surface area contributed by atoms with Crippen LogP contribution in [-0.4, -0.2) is 29.2 Å². The summed E-state index contributed by atoms with van der Waals surface area (Å²) >= 11 is 0. The lowest BCUT2D eigenvalue weighted by molar-refractivity contribution is 0.00959. The summed E-state index contributed by atoms with van der Waals surface area (Å²) in [6.07, 6.45) is 0.754. The van der Waals surface area contributed by atoms with Crippen LogP contribution in [0.5, 0.6) is 0 Å². The fraction of sp³-hybridized carbons (Fsp3) is 0.889. The molecule has 1 heterocycles. The first-order valence-corrected chi connectivity index (χ1v) is 4.39. The normalized spacial score (nSPS) is 25.5. The van der Waals surface area contributed by atoms with Crippen molar-refractivity contribution in [2.24, 2.45) is 0 Å². The highest BCUT2D eigenvalue weighted by atomic mass is 16.6. The molecule has 1 rings (SSSR count). The molecule has 1 aliphatic heterocycles. The van der Waals surface area contributed by atoms with Crippen LogP contribution in [0.2, 0.25) is 0 Å². The van der Waals surface area contributed by atoms with E-state index in [-0.39, 0.29) is 11.6 Å². The third-order valence-corrected chi connectivity index (χ3v) is 2.12. The fourth-order valence-electron chi connectivity index (χ4n) is 1.63. The molecule has 0 aromatic carbocycles. The first-order valence-electron chi connectivity index (χ1n) is 4.39. The van der Waals surface area contributed by atoms with Crippen molar-refractivity contribution in [2.45, 2.75) is 45.7 Å². The Balaban J connectivity index is 2.77. The zero-order valence-electron chi connectivity index (χ0n) is 8.26. The highest BCUT2D eigenvalue weighted by Crippen LogP contribution is 2.23. The minimum Gasteiger partial charge on any atom is -0.449 e. The van der Waals surface area contributed by atoms with Crippen LogP contribution < -0.4 is 0 Å². The van der Waals surface area contributed by atoms with E-state index in [0.717, 1.165) is 6.42 Å². The van der Waals surface area contributed by atoms with Gasteiger partial charge in [-0.15, -0.1) is 0 Å². The third-order valence-electron chi connectivity index (χ3n) is 2.12. The van der Waals surface area contributed by atoms with Crippen LogP contribution in [0.15, 0.2) is 0 Å². The lowest BCUT2D eigenvalue weighted by Gasteiger charge is -2.42. The average Bonchev–Trinajstić information content (AvgIpc) is 1.82. The Bertz CT molecular complexity index is 183. The van der Waals surface area contributed by atoms with Crippen LogP contribution in [0.4, 0.5) is 4.79 Å². The van der Waals surface area contributed by atoms with Crippen LogP contribution in [0, 0.1) is 0 Å². The summed E-state index contributed by atoms with van der Waals surface area (Å²) in [7, 11) is 0. The van der Waals surface area contributed by atoms with Gasteiger partial charge in [-0.05, 0) is 27.7 Å². The number of rotatable bonds is 0. The number of carbonyl (C=O) groups excluding carboxylic acids is 1. The molecule has 1 atom stereocenters. The predicted molar refractivity (Wildman–Crippen MR) is 47.0 cm³/mol. The van der Waals surface area contributed by atoms with E-state index in [1.54, 1.807) is 4.90 Å². The maximum Gasteiger partial charge on any atom is 0.410 e. The molecule has 3 nitrogen and oxygen atoms in total. The van der Waals surface area contributed by atoms with Crippen molar-refractivity contribution in [2.75, 3.05) is 6.61 Å². The molecular weight excluding hydrogens is 154 g/mol. The van der Waals surface area contributed by atoms with Gasteiger partial charge in [-0.1, -0.05) is 0 Å². The van der Waals surface area contributed by atoms with Crippen LogP contribution in [0.25, 0.3) is 0 Å². The molecule has 1 fully saturated rings. The Morgan fingerprint density at radius 2 is 2.08 bits per heavy atom. The number of nitrogens with zero attached hydrogens (tertiary/aromatic N) is 1. The SMILES string of the molecule is C[C@H]1CCOC(=O)N1C(C)(C)C. The lowest BCUT2D eigenvalue weighted by Crippen LogP contribution is -2.53. The second-order valence-electron chi connectivity index (χ2n) is 4.29. The number of carbonyl (C=O) groups is 1. The van der Waals surface area contributed by atoms with Gasteiger partial charge in [0.05, 0.1) is 6.61 Å². The van der Waals surface area contributed by atoms with Crippen molar-refractivity contribution < 1.29 is 9.53 Å². The molecule has 1 aliphatic rings. The summed E-state index contributed by atoms with van der Waals surface area (Å²) in [5.41, 5.74) is -0.128. The topological polar surface area (TPSA) is 29.5 Å². The molecule has 0 bridgehead atoms. The van der Waals surface area contributed by atoms with Crippen molar-refractivity contribution in [3.63, 3.8) is 0 Å². The van der Waals surface area contributed by atoms with Gasteiger partial charge < -0.3 is 9.64 Å². The molecule has 12 heavy (non-hydrogen) atoms. The minimum absolute atomic E-state index is 0.128. The summed E-state index contributed by atoms with van der Waals surface area (Å²) in [6, 6.07) is 0.297. The van der Waals surface area contributed by atoms with Gasteiger partial charge in [0.2, 0.25) is 0 Å². The second kappa shape index (κ2) is 2.96. The molecule has 0 aromatic heterocycles. The molecule has 0 N–H and O–H groups in total. The Morgan fingerprint density at radius 3 is 2.42 bits per heavy atom. The van der Waals surface area contributed by atoms with Crippen molar-refractivity contribution in [1.29, 1.82) is 0 Å². The predicted octanol–water partition coefficient (Wildman–Crippen LogP) is 2.02. The highest BCUT2D eigenvalue weighted by molar-refractivity contribution is 5.69. The molecule has 0 unspecified atom stereocenters. The number of hydrogen-bond acceptors (Lipinski definition) is 2. The smallest absolute Gasteiger partial charge is 0.410 e. The van der Waals surface area contributed by atoms with E-state index in [4.69, 9.17) is 4.74 Å². The van der Waals surface area contributed by atoms with Crippen LogP contribution >= 0.6 is 0 Å². The molecule has 0 aromatic rings. The molecule has 3 heteroatoms. The van der Waals surface area contributed by atoms with Gasteiger partial charge in [-0.25, -0.2) is 4.79 Å². The van der Waals surface area contributed by atoms with E-state index in [2.05, 4.69) is 6.92 Å². The van der Waals surface area contributed by atoms with E-state index in [1.165, 1.54) is 0 Å². The van der Waals surface area contributed by atoms with Gasteiger partial charge in [0.1, 0.15) is 0 Å². The van der Waals surface area contributed by atoms with Gasteiger partial charge in [-0.3, -0.25) is 0 Å². The quantitative estimate of drug-likeness (QED) is 0.558. The van der Waals surface area contributed by atoms with Gasteiger partial charge in [0.25, 0.3) is 0 Å². The first-order chi connectivity index (χ1) is 5.43. The van der Waals surface area contributed by atoms with Gasteiger partial charge in [-0.2, -0.15) is 0 Å². The van der Waals surface area contributed by atoms with E-state index >= 15 is 0 Å². The summed E-state index contributed by atoms with van der Waals surface area (Å²) in [4.78, 5) is 13.2. The average molecular weight is 171 g/mol. The minimum atomic E-state index is -0.179. The van der Waals surface area contributed by atoms with Crippen molar-refractivity contribution in [3.05, 3.63) is 0 Å². The van der Waals surface area contributed by atoms with E-state index in [1.807, 2.05) is 20.8 Å². The molecule has 0 aliphatic carbocycles. The molecule has 0 saturated carbocycles. The number of amides is 1. The van der Waals surface area contributed by atoms with Crippen molar-refractivity contribution in [3.8, 4) is 0 Å². The Kier molecular flexibility index (Phi) is 2.31. The fourth-order valence-corrected chi connectivity index (χ4v) is 1.63. The lowest BCUT2D eigenvalue weighted by atomic mass is 10.0. The maximum atomic E-state index is 11.4. The zero-order valence-corrected chi connectivity index (χ0v) is 8.26. The van der Waals surface area contributed by atoms with E-state index < -0.39 is 0 Å². The van der Waals surface area contributed by atoms with Gasteiger partial charge >= 0.3 is 6.09 Å². The van der Waals surface area contributed by atoms with Gasteiger partial charge in [0, 0.05) is 18.0 Å². The van der Waals surface area contributed by atoms with Gasteiger partial charge in [0.15, 0.2) is 0 Å². The molecule has 70 valence electrons. The highest BCUT2D eigenvalue weighted by Gasteiger charge is 2.34. The second-order valence-corrected chi connectivity index (χ2v) is 4.29. The standard InChI is InChI=1S/C9H17NO2/c1-7-5-6-12-8(11)10(7)9(2,3)4/h7H,5-6H2,1-4H3/t7-/m0/s1. The monoisotopic (exact) mass is 171 g/mol. The molecular formula is C9H17NO2. The summed E-state index contributed by atoms with van der Waals surface area (Å²) in [5.74, 6) is 0. The number of cyclic esters (lactones) is 1. The molecule has 1 saturated heterocycles. The number of hydrogen-bond donors (Lipinski definition) is 0. The van der Waals surface area contributed by atoms with Crippen LogP contribution in [0.3, 0.4) is 0 Å². The summed E-state index contributed by atoms with van der Waals surface area (Å²) in [5, 5.41) is 0. The Hall–Kier alpha value is -0.730. The maximum absolute atomic E-state index is 11.4. The summed E-state index contributed by atoms with van der Waals surface area (Å²) in [6.45, 7) is 8.69. The van der Waals surface area contributed by atoms with Crippen molar-refractivity contribution in [1.82, 2.24) is 4.90 Å². The molecule has 0 spiro atoms. The third kappa shape index (κ3) is 1.71. The summed E-state index contributed by atoms with van der Waals surface area (Å²) < 4.78 is 4.97. The van der Waals surface area contributed by atoms with Crippen LogP contribution in [-0.2, 0) is 4.74 Å².